The molecule has 236 valence electrons. The van der Waals surface area contributed by atoms with Gasteiger partial charge in [0.15, 0.2) is 0 Å². The molecule has 4 rings (SSSR count). The third-order valence-corrected chi connectivity index (χ3v) is 9.04. The molecule has 0 bridgehead atoms. The molecule has 1 unspecified atom stereocenters. The molecule has 0 aliphatic heterocycles. The largest absolute Gasteiger partial charge is 1.00 e. The summed E-state index contributed by atoms with van der Waals surface area (Å²) in [5.74, 6) is 6.64. The summed E-state index contributed by atoms with van der Waals surface area (Å²) in [4.78, 5) is 0.745. The molecule has 0 fully saturated rings. The van der Waals surface area contributed by atoms with Crippen molar-refractivity contribution in [2.24, 2.45) is 0 Å². The maximum Gasteiger partial charge on any atom is 1.00 e. The minimum absolute atomic E-state index is 0. The van der Waals surface area contributed by atoms with Crippen LogP contribution in [0.1, 0.15) is 49.8 Å². The van der Waals surface area contributed by atoms with Crippen molar-refractivity contribution < 1.29 is 62.2 Å². The first-order valence-corrected chi connectivity index (χ1v) is 17.1. The number of aromatic hydroxyl groups is 1. The molecule has 1 atom stereocenters. The zero-order valence-electron chi connectivity index (χ0n) is 26.1. The number of hydrogen-bond acceptors (Lipinski definition) is 8. The van der Waals surface area contributed by atoms with Gasteiger partial charge in [0.05, 0.1) is 11.5 Å². The molecule has 7 nitrogen and oxygen atoms in total. The van der Waals surface area contributed by atoms with Gasteiger partial charge >= 0.3 is 29.6 Å². The second kappa shape index (κ2) is 19.1. The van der Waals surface area contributed by atoms with Gasteiger partial charge < -0.3 is 24.2 Å². The van der Waals surface area contributed by atoms with E-state index >= 15 is 0 Å². The van der Waals surface area contributed by atoms with E-state index in [1.54, 1.807) is 48.5 Å². The van der Waals surface area contributed by atoms with Crippen molar-refractivity contribution in [3.63, 3.8) is 0 Å². The Kier molecular flexibility index (Phi) is 15.7. The Morgan fingerprint density at radius 2 is 1.65 bits per heavy atom. The number of hydrogen-bond donors (Lipinski definition) is 2. The summed E-state index contributed by atoms with van der Waals surface area (Å²) in [5, 5.41) is 20.2. The van der Waals surface area contributed by atoms with Crippen molar-refractivity contribution >= 4 is 21.9 Å². The van der Waals surface area contributed by atoms with E-state index in [4.69, 9.17) is 9.47 Å². The van der Waals surface area contributed by atoms with Gasteiger partial charge in [-0.15, -0.1) is 0 Å². The zero-order valence-corrected chi connectivity index (χ0v) is 29.8. The number of aliphatic hydroxyl groups excluding tert-OH is 1. The third kappa shape index (κ3) is 11.8. The fourth-order valence-corrected chi connectivity index (χ4v) is 6.39. The van der Waals surface area contributed by atoms with Crippen molar-refractivity contribution in [3.8, 4) is 34.5 Å². The maximum atomic E-state index is 12.3. The predicted octanol–water partition coefficient (Wildman–Crippen LogP) is 4.37. The molecule has 0 spiro atoms. The number of rotatable bonds is 15. The third-order valence-electron chi connectivity index (χ3n) is 6.95. The molecule has 0 aliphatic carbocycles. The Morgan fingerprint density at radius 3 is 2.37 bits per heavy atom. The zero-order chi connectivity index (χ0) is 32.1. The smallest absolute Gasteiger partial charge is 0.744 e. The van der Waals surface area contributed by atoms with Crippen LogP contribution in [0, 0.1) is 11.8 Å². The van der Waals surface area contributed by atoms with Crippen LogP contribution in [-0.2, 0) is 21.3 Å². The van der Waals surface area contributed by atoms with Gasteiger partial charge in [-0.3, -0.25) is 0 Å². The van der Waals surface area contributed by atoms with E-state index in [2.05, 4.69) is 18.8 Å². The van der Waals surface area contributed by atoms with Crippen molar-refractivity contribution in [1.82, 2.24) is 0 Å². The summed E-state index contributed by atoms with van der Waals surface area (Å²) < 4.78 is 48.2. The first kappa shape index (κ1) is 37.7. The quantitative estimate of drug-likeness (QED) is 0.0831. The van der Waals surface area contributed by atoms with Crippen LogP contribution >= 0.6 is 11.8 Å². The van der Waals surface area contributed by atoms with Crippen LogP contribution in [0.5, 0.6) is 11.5 Å². The van der Waals surface area contributed by atoms with Gasteiger partial charge in [0, 0.05) is 22.0 Å². The van der Waals surface area contributed by atoms with Crippen LogP contribution in [0.4, 0.5) is 0 Å². The first-order valence-electron chi connectivity index (χ1n) is 14.9. The molecule has 0 heterocycles. The standard InChI is InChI=1S/C36H38O7S2.Na/c1-2-3-25-43-30-18-20-31(21-19-30)44-35-22-15-28(26-36(35)45(39,40)41)32-10-4-5-11-33(32)34(38)12-8-24-42-23-7-6-9-27-13-16-29(37)17-14-27;/h4-5,10-11,13-22,26,34,37-38H,2-3,6-7,9,23-25H2,1H3,(H,39,40,41);/q;+1/p-1. The second-order valence-electron chi connectivity index (χ2n) is 10.4. The average molecular weight is 669 g/mol. The summed E-state index contributed by atoms with van der Waals surface area (Å²) in [6, 6.07) is 26.2. The van der Waals surface area contributed by atoms with E-state index in [1.165, 1.54) is 17.8 Å². The molecule has 0 radical (unpaired) electrons. The molecule has 0 amide bonds. The molecule has 0 aliphatic rings. The molecule has 0 saturated heterocycles. The van der Waals surface area contributed by atoms with E-state index < -0.39 is 16.2 Å². The molecule has 0 aromatic heterocycles. The maximum absolute atomic E-state index is 12.3. The first-order chi connectivity index (χ1) is 21.7. The molecule has 46 heavy (non-hydrogen) atoms. The molecule has 2 N–H and O–H groups in total. The van der Waals surface area contributed by atoms with Crippen molar-refractivity contribution in [2.75, 3.05) is 19.8 Å². The van der Waals surface area contributed by atoms with E-state index in [-0.39, 0.29) is 46.8 Å². The fourth-order valence-electron chi connectivity index (χ4n) is 4.55. The normalized spacial score (nSPS) is 11.6. The summed E-state index contributed by atoms with van der Waals surface area (Å²) in [5.41, 5.74) is 2.70. The Bertz CT molecular complexity index is 1700. The Balaban J connectivity index is 0.00000576. The van der Waals surface area contributed by atoms with Crippen LogP contribution in [0.15, 0.2) is 106 Å². The van der Waals surface area contributed by atoms with Crippen molar-refractivity contribution in [3.05, 3.63) is 102 Å². The van der Waals surface area contributed by atoms with Crippen LogP contribution in [-0.4, -0.2) is 43.0 Å². The van der Waals surface area contributed by atoms with Crippen LogP contribution in [0.25, 0.3) is 11.1 Å². The second-order valence-corrected chi connectivity index (χ2v) is 12.8. The van der Waals surface area contributed by atoms with Gasteiger partial charge in [-0.2, -0.15) is 0 Å². The number of unbranched alkanes of at least 4 members (excludes halogenated alkanes) is 2. The summed E-state index contributed by atoms with van der Waals surface area (Å²) in [6.45, 7) is 3.41. The van der Waals surface area contributed by atoms with Gasteiger partial charge in [-0.05, 0) is 90.9 Å². The Labute approximate surface area is 298 Å². The van der Waals surface area contributed by atoms with E-state index in [0.29, 0.717) is 34.8 Å². The molecular weight excluding hydrogens is 632 g/mol. The molecule has 4 aromatic carbocycles. The number of aryl methyl sites for hydroxylation is 1. The number of ether oxygens (including phenoxy) is 2. The van der Waals surface area contributed by atoms with Gasteiger partial charge in [0.25, 0.3) is 0 Å². The van der Waals surface area contributed by atoms with Crippen LogP contribution in [0.3, 0.4) is 0 Å². The molecular formula is C36H37NaO7S2. The number of benzene rings is 4. The predicted molar refractivity (Wildman–Crippen MR) is 175 cm³/mol. The molecule has 0 saturated carbocycles. The van der Waals surface area contributed by atoms with Crippen molar-refractivity contribution in [1.29, 1.82) is 0 Å². The number of phenols is 1. The molecule has 10 heteroatoms. The van der Waals surface area contributed by atoms with Crippen LogP contribution in [0.2, 0.25) is 0 Å². The van der Waals surface area contributed by atoms with Gasteiger partial charge in [0.2, 0.25) is 0 Å². The minimum atomic E-state index is -4.80. The number of phenolic OH excluding ortho intramolecular Hbond substituents is 1. The minimum Gasteiger partial charge on any atom is -0.744 e. The fraction of sp³-hybridized carbons (Fsp3) is 0.278. The van der Waals surface area contributed by atoms with Crippen molar-refractivity contribution in [2.45, 2.75) is 59.8 Å². The Morgan fingerprint density at radius 1 is 0.913 bits per heavy atom. The van der Waals surface area contributed by atoms with Crippen LogP contribution < -0.4 is 34.3 Å². The summed E-state index contributed by atoms with van der Waals surface area (Å²) >= 11 is 1.18. The SMILES string of the molecule is CCCCOc1ccc(Sc2ccc(-c3ccccc3C(O)C#CCOCCCCc3ccc(O)cc3)cc2S(=O)(=O)[O-])cc1.[Na+]. The van der Waals surface area contributed by atoms with Gasteiger partial charge in [0.1, 0.15) is 34.3 Å². The van der Waals surface area contributed by atoms with Gasteiger partial charge in [-0.25, -0.2) is 8.42 Å². The average Bonchev–Trinajstić information content (AvgIpc) is 3.03. The molecule has 4 aromatic rings. The summed E-state index contributed by atoms with van der Waals surface area (Å²) in [6.07, 6.45) is 3.53. The summed E-state index contributed by atoms with van der Waals surface area (Å²) in [7, 11) is -4.80. The van der Waals surface area contributed by atoms with E-state index in [1.807, 2.05) is 36.4 Å². The van der Waals surface area contributed by atoms with Gasteiger partial charge in [-0.1, -0.05) is 79.4 Å². The van der Waals surface area contributed by atoms with E-state index in [0.717, 1.165) is 48.3 Å². The topological polar surface area (TPSA) is 116 Å². The Hall–Kier alpha value is -2.78. The number of aliphatic hydroxyl groups is 1. The van der Waals surface area contributed by atoms with E-state index in [9.17, 15) is 23.2 Å². The monoisotopic (exact) mass is 668 g/mol.